The number of fused-ring (bicyclic) bond motifs is 4. The van der Waals surface area contributed by atoms with E-state index in [0.717, 1.165) is 27.7 Å². The number of amides is 2. The fourth-order valence-electron chi connectivity index (χ4n) is 4.56. The van der Waals surface area contributed by atoms with E-state index >= 15 is 0 Å². The molecule has 0 spiro atoms. The average Bonchev–Trinajstić information content (AvgIpc) is 3.14. The molecular formula is C23H22N4O3. The first-order chi connectivity index (χ1) is 14.6. The summed E-state index contributed by atoms with van der Waals surface area (Å²) in [6.07, 6.45) is 2.05. The molecule has 0 unspecified atom stereocenters. The van der Waals surface area contributed by atoms with Gasteiger partial charge in [0.1, 0.15) is 18.3 Å². The molecule has 0 saturated carbocycles. The third-order valence-corrected chi connectivity index (χ3v) is 6.00. The van der Waals surface area contributed by atoms with Gasteiger partial charge >= 0.3 is 0 Å². The van der Waals surface area contributed by atoms with E-state index in [1.807, 2.05) is 49.4 Å². The largest absolute Gasteiger partial charge is 0.496 e. The van der Waals surface area contributed by atoms with Crippen molar-refractivity contribution in [2.75, 3.05) is 13.7 Å². The van der Waals surface area contributed by atoms with Crippen molar-refractivity contribution in [2.24, 2.45) is 5.10 Å². The maximum atomic E-state index is 13.3. The van der Waals surface area contributed by atoms with Crippen molar-refractivity contribution in [1.29, 1.82) is 0 Å². The van der Waals surface area contributed by atoms with Crippen LogP contribution < -0.4 is 4.74 Å². The summed E-state index contributed by atoms with van der Waals surface area (Å²) >= 11 is 0. The Kier molecular flexibility index (Phi) is 4.31. The number of hydrogen-bond donors (Lipinski definition) is 1. The van der Waals surface area contributed by atoms with Gasteiger partial charge in [0.2, 0.25) is 5.91 Å². The number of aromatic amines is 1. The molecule has 1 saturated heterocycles. The minimum absolute atomic E-state index is 0.0686. The minimum Gasteiger partial charge on any atom is -0.496 e. The summed E-state index contributed by atoms with van der Waals surface area (Å²) in [4.78, 5) is 31.4. The Balaban J connectivity index is 1.48. The quantitative estimate of drug-likeness (QED) is 0.685. The monoisotopic (exact) mass is 402 g/mol. The predicted octanol–water partition coefficient (Wildman–Crippen LogP) is 2.87. The van der Waals surface area contributed by atoms with Crippen molar-refractivity contribution < 1.29 is 14.3 Å². The number of H-pyrrole nitrogens is 1. The number of aromatic nitrogens is 1. The molecular weight excluding hydrogens is 380 g/mol. The molecule has 2 aliphatic rings. The van der Waals surface area contributed by atoms with Crippen LogP contribution in [0.25, 0.3) is 10.9 Å². The van der Waals surface area contributed by atoms with Crippen LogP contribution in [0.5, 0.6) is 5.75 Å². The van der Waals surface area contributed by atoms with Crippen LogP contribution in [-0.4, -0.2) is 52.6 Å². The zero-order valence-electron chi connectivity index (χ0n) is 16.8. The number of carbonyl (C=O) groups is 2. The molecule has 1 fully saturated rings. The Labute approximate surface area is 173 Å². The first-order valence-electron chi connectivity index (χ1n) is 9.97. The van der Waals surface area contributed by atoms with Crippen LogP contribution in [0.2, 0.25) is 0 Å². The van der Waals surface area contributed by atoms with E-state index in [1.165, 1.54) is 5.01 Å². The molecule has 2 aromatic carbocycles. The summed E-state index contributed by atoms with van der Waals surface area (Å²) in [6.45, 7) is 1.90. The highest BCUT2D eigenvalue weighted by molar-refractivity contribution is 5.98. The lowest BCUT2D eigenvalue weighted by Gasteiger charge is -2.44. The van der Waals surface area contributed by atoms with Crippen LogP contribution in [0.4, 0.5) is 0 Å². The second-order valence-corrected chi connectivity index (χ2v) is 7.64. The summed E-state index contributed by atoms with van der Waals surface area (Å²) in [7, 11) is 1.59. The van der Waals surface area contributed by atoms with E-state index in [2.05, 4.69) is 16.2 Å². The highest BCUT2D eigenvalue weighted by Gasteiger charge is 2.46. The number of carbonyl (C=O) groups excluding carboxylic acids is 2. The maximum Gasteiger partial charge on any atom is 0.266 e. The molecule has 0 bridgehead atoms. The van der Waals surface area contributed by atoms with Crippen LogP contribution in [-0.2, 0) is 16.0 Å². The molecule has 152 valence electrons. The van der Waals surface area contributed by atoms with Crippen molar-refractivity contribution in [3.63, 3.8) is 0 Å². The van der Waals surface area contributed by atoms with Gasteiger partial charge in [0.05, 0.1) is 19.4 Å². The van der Waals surface area contributed by atoms with Gasteiger partial charge in [0.25, 0.3) is 5.91 Å². The summed E-state index contributed by atoms with van der Waals surface area (Å²) in [6, 6.07) is 14.7. The second kappa shape index (κ2) is 7.02. The number of piperazine rings is 1. The molecule has 0 radical (unpaired) electrons. The first-order valence-corrected chi connectivity index (χ1v) is 9.97. The molecule has 3 aromatic rings. The van der Waals surface area contributed by atoms with Crippen molar-refractivity contribution in [1.82, 2.24) is 14.9 Å². The summed E-state index contributed by atoms with van der Waals surface area (Å²) < 4.78 is 5.33. The highest BCUT2D eigenvalue weighted by Crippen LogP contribution is 2.38. The van der Waals surface area contributed by atoms with Gasteiger partial charge < -0.3 is 14.6 Å². The standard InChI is InChI=1S/C23H22N4O3/c1-14-22-17(16-8-4-5-9-18(16)25-22)11-19-23(29)26(13-21(28)27(14)19)24-12-15-7-3-6-10-20(15)30-2/h3-10,12,14,19,25H,11,13H2,1-2H3/b24-12+/t14-,19-/m0/s1. The zero-order chi connectivity index (χ0) is 20.8. The Morgan fingerprint density at radius 2 is 1.90 bits per heavy atom. The molecule has 2 atom stereocenters. The molecule has 7 nitrogen and oxygen atoms in total. The Morgan fingerprint density at radius 1 is 1.13 bits per heavy atom. The number of nitrogens with zero attached hydrogens (tertiary/aromatic N) is 3. The van der Waals surface area contributed by atoms with E-state index < -0.39 is 6.04 Å². The molecule has 1 aromatic heterocycles. The molecule has 2 amide bonds. The van der Waals surface area contributed by atoms with Crippen molar-refractivity contribution in [2.45, 2.75) is 25.4 Å². The van der Waals surface area contributed by atoms with Gasteiger partial charge in [-0.05, 0) is 30.7 Å². The van der Waals surface area contributed by atoms with Crippen molar-refractivity contribution in [3.05, 3.63) is 65.4 Å². The van der Waals surface area contributed by atoms with Crippen LogP contribution in [0.1, 0.15) is 29.8 Å². The predicted molar refractivity (Wildman–Crippen MR) is 113 cm³/mol. The summed E-state index contributed by atoms with van der Waals surface area (Å²) in [5.74, 6) is 0.394. The van der Waals surface area contributed by atoms with E-state index in [0.29, 0.717) is 12.2 Å². The first kappa shape index (κ1) is 18.4. The van der Waals surface area contributed by atoms with Gasteiger partial charge in [-0.25, -0.2) is 5.01 Å². The molecule has 1 N–H and O–H groups in total. The highest BCUT2D eigenvalue weighted by atomic mass is 16.5. The zero-order valence-corrected chi connectivity index (χ0v) is 16.8. The van der Waals surface area contributed by atoms with Crippen molar-refractivity contribution >= 4 is 28.9 Å². The molecule has 3 heterocycles. The van der Waals surface area contributed by atoms with E-state index in [9.17, 15) is 9.59 Å². The molecule has 7 heteroatoms. The fourth-order valence-corrected chi connectivity index (χ4v) is 4.56. The number of benzene rings is 2. The maximum absolute atomic E-state index is 13.3. The normalized spacial score (nSPS) is 21.3. The Bertz CT molecular complexity index is 1180. The van der Waals surface area contributed by atoms with Crippen LogP contribution >= 0.6 is 0 Å². The van der Waals surface area contributed by atoms with E-state index in [-0.39, 0.29) is 24.4 Å². The van der Waals surface area contributed by atoms with Gasteiger partial charge in [0, 0.05) is 28.6 Å². The van der Waals surface area contributed by atoms with Gasteiger partial charge in [0.15, 0.2) is 0 Å². The number of ether oxygens (including phenoxy) is 1. The van der Waals surface area contributed by atoms with Gasteiger partial charge in [-0.1, -0.05) is 30.3 Å². The third-order valence-electron chi connectivity index (χ3n) is 6.00. The van der Waals surface area contributed by atoms with E-state index in [4.69, 9.17) is 4.74 Å². The summed E-state index contributed by atoms with van der Waals surface area (Å²) in [5.41, 5.74) is 3.90. The lowest BCUT2D eigenvalue weighted by atomic mass is 9.90. The minimum atomic E-state index is -0.553. The molecule has 30 heavy (non-hydrogen) atoms. The van der Waals surface area contributed by atoms with Crippen LogP contribution in [0.15, 0.2) is 53.6 Å². The number of hydrazone groups is 1. The second-order valence-electron chi connectivity index (χ2n) is 7.64. The number of hydrogen-bond acceptors (Lipinski definition) is 4. The van der Waals surface area contributed by atoms with Crippen LogP contribution in [0, 0.1) is 0 Å². The molecule has 0 aliphatic carbocycles. The van der Waals surface area contributed by atoms with Gasteiger partial charge in [-0.15, -0.1) is 0 Å². The van der Waals surface area contributed by atoms with Gasteiger partial charge in [-0.2, -0.15) is 5.10 Å². The summed E-state index contributed by atoms with van der Waals surface area (Å²) in [5, 5.41) is 6.72. The number of methoxy groups -OCH3 is 1. The Morgan fingerprint density at radius 3 is 2.73 bits per heavy atom. The topological polar surface area (TPSA) is 78.0 Å². The van der Waals surface area contributed by atoms with Crippen LogP contribution in [0.3, 0.4) is 0 Å². The lowest BCUT2D eigenvalue weighted by molar-refractivity contribution is -0.159. The Hall–Kier alpha value is -3.61. The van der Waals surface area contributed by atoms with E-state index in [1.54, 1.807) is 18.2 Å². The van der Waals surface area contributed by atoms with Gasteiger partial charge in [-0.3, -0.25) is 9.59 Å². The third kappa shape index (κ3) is 2.77. The SMILES string of the molecule is COc1ccccc1/C=N/N1CC(=O)N2[C@@H](Cc3c([nH]c4ccccc34)[C@@H]2C)C1=O. The number of para-hydroxylation sites is 2. The fraction of sp³-hybridized carbons (Fsp3) is 0.261. The molecule has 2 aliphatic heterocycles. The lowest BCUT2D eigenvalue weighted by Crippen LogP contribution is -2.61. The molecule has 5 rings (SSSR count). The smallest absolute Gasteiger partial charge is 0.266 e. The number of nitrogens with one attached hydrogen (secondary N) is 1. The number of rotatable bonds is 3. The average molecular weight is 402 g/mol. The van der Waals surface area contributed by atoms with Crippen molar-refractivity contribution in [3.8, 4) is 5.75 Å².